The van der Waals surface area contributed by atoms with Crippen LogP contribution in [0.4, 0.5) is 4.39 Å². The fraction of sp³-hybridized carbons (Fsp3) is 0.500. The number of aromatic nitrogens is 2. The first-order valence-corrected chi connectivity index (χ1v) is 7.57. The van der Waals surface area contributed by atoms with Crippen LogP contribution in [0.2, 0.25) is 0 Å². The Morgan fingerprint density at radius 1 is 1.29 bits per heavy atom. The van der Waals surface area contributed by atoms with Crippen molar-refractivity contribution in [2.75, 3.05) is 6.54 Å². The van der Waals surface area contributed by atoms with E-state index in [1.807, 2.05) is 19.1 Å². The van der Waals surface area contributed by atoms with Crippen LogP contribution in [0.25, 0.3) is 0 Å². The van der Waals surface area contributed by atoms with E-state index in [-0.39, 0.29) is 5.82 Å². The fourth-order valence-electron chi connectivity index (χ4n) is 2.92. The van der Waals surface area contributed by atoms with Gasteiger partial charge in [-0.05, 0) is 37.1 Å². The molecule has 0 amide bonds. The first kappa shape index (κ1) is 14.2. The maximum atomic E-state index is 13.1. The van der Waals surface area contributed by atoms with E-state index in [1.165, 1.54) is 25.0 Å². The van der Waals surface area contributed by atoms with Crippen LogP contribution < -0.4 is 0 Å². The van der Waals surface area contributed by atoms with Gasteiger partial charge in [-0.25, -0.2) is 4.39 Å². The molecule has 0 aliphatic carbocycles. The normalized spacial score (nSPS) is 19.8. The summed E-state index contributed by atoms with van der Waals surface area (Å²) in [6, 6.07) is 7.14. The van der Waals surface area contributed by atoms with Gasteiger partial charge < -0.3 is 4.52 Å². The molecule has 112 valence electrons. The number of benzene rings is 1. The monoisotopic (exact) mass is 289 g/mol. The average molecular weight is 289 g/mol. The Morgan fingerprint density at radius 2 is 2.10 bits per heavy atom. The van der Waals surface area contributed by atoms with Crippen molar-refractivity contribution in [2.45, 2.75) is 45.2 Å². The molecule has 1 aromatic carbocycles. The molecule has 0 bridgehead atoms. The van der Waals surface area contributed by atoms with Crippen LogP contribution in [0.5, 0.6) is 0 Å². The van der Waals surface area contributed by atoms with Gasteiger partial charge in [0.15, 0.2) is 5.82 Å². The Bertz CT molecular complexity index is 581. The van der Waals surface area contributed by atoms with Crippen LogP contribution in [-0.2, 0) is 13.0 Å². The average Bonchev–Trinajstić information content (AvgIpc) is 2.96. The minimum Gasteiger partial charge on any atom is -0.339 e. The van der Waals surface area contributed by atoms with E-state index in [4.69, 9.17) is 4.52 Å². The molecule has 3 rings (SSSR count). The predicted octanol–water partition coefficient (Wildman–Crippen LogP) is 3.50. The molecule has 0 radical (unpaired) electrons. The van der Waals surface area contributed by atoms with Crippen molar-refractivity contribution < 1.29 is 8.91 Å². The number of piperidine rings is 1. The van der Waals surface area contributed by atoms with Crippen LogP contribution in [0, 0.1) is 5.82 Å². The molecule has 21 heavy (non-hydrogen) atoms. The van der Waals surface area contributed by atoms with E-state index in [0.29, 0.717) is 18.5 Å². The first-order chi connectivity index (χ1) is 10.3. The smallest absolute Gasteiger partial charge is 0.226 e. The molecular weight excluding hydrogens is 269 g/mol. The standard InChI is InChI=1S/C16H20FN3O/c1-2-16-18-15(19-21-16)11-20-10-4-3-5-14(20)12-6-8-13(17)9-7-12/h6-9,14H,2-5,10-11H2,1H3. The van der Waals surface area contributed by atoms with Gasteiger partial charge in [0.1, 0.15) is 5.82 Å². The van der Waals surface area contributed by atoms with Crippen LogP contribution in [-0.4, -0.2) is 21.6 Å². The first-order valence-electron chi connectivity index (χ1n) is 7.57. The highest BCUT2D eigenvalue weighted by Crippen LogP contribution is 2.31. The summed E-state index contributed by atoms with van der Waals surface area (Å²) in [4.78, 5) is 6.75. The summed E-state index contributed by atoms with van der Waals surface area (Å²) < 4.78 is 18.3. The van der Waals surface area contributed by atoms with E-state index < -0.39 is 0 Å². The second kappa shape index (κ2) is 6.35. The minimum atomic E-state index is -0.188. The molecule has 1 fully saturated rings. The highest BCUT2D eigenvalue weighted by molar-refractivity contribution is 5.20. The van der Waals surface area contributed by atoms with Gasteiger partial charge in [0.05, 0.1) is 6.54 Å². The molecule has 5 heteroatoms. The summed E-state index contributed by atoms with van der Waals surface area (Å²) in [5, 5.41) is 4.04. The van der Waals surface area contributed by atoms with E-state index in [2.05, 4.69) is 15.0 Å². The number of rotatable bonds is 4. The zero-order chi connectivity index (χ0) is 14.7. The fourth-order valence-corrected chi connectivity index (χ4v) is 2.92. The van der Waals surface area contributed by atoms with E-state index in [1.54, 1.807) is 0 Å². The Kier molecular flexibility index (Phi) is 4.29. The van der Waals surface area contributed by atoms with Gasteiger partial charge in [0, 0.05) is 12.5 Å². The van der Waals surface area contributed by atoms with Gasteiger partial charge in [-0.2, -0.15) is 4.98 Å². The van der Waals surface area contributed by atoms with Gasteiger partial charge in [-0.3, -0.25) is 4.90 Å². The Morgan fingerprint density at radius 3 is 2.81 bits per heavy atom. The second-order valence-electron chi connectivity index (χ2n) is 5.49. The summed E-state index contributed by atoms with van der Waals surface area (Å²) in [5.41, 5.74) is 1.16. The van der Waals surface area contributed by atoms with Gasteiger partial charge in [0.25, 0.3) is 0 Å². The number of aryl methyl sites for hydroxylation is 1. The summed E-state index contributed by atoms with van der Waals surface area (Å²) in [6.45, 7) is 3.70. The van der Waals surface area contributed by atoms with Crippen LogP contribution in [0.1, 0.15) is 49.5 Å². The molecule has 2 aromatic rings. The second-order valence-corrected chi connectivity index (χ2v) is 5.49. The number of nitrogens with zero attached hydrogens (tertiary/aromatic N) is 3. The number of likely N-dealkylation sites (tertiary alicyclic amines) is 1. The van der Waals surface area contributed by atoms with Crippen LogP contribution in [0.15, 0.2) is 28.8 Å². The third-order valence-corrected chi connectivity index (χ3v) is 4.03. The molecular formula is C16H20FN3O. The lowest BCUT2D eigenvalue weighted by Crippen LogP contribution is -2.33. The van der Waals surface area contributed by atoms with E-state index in [0.717, 1.165) is 30.8 Å². The maximum Gasteiger partial charge on any atom is 0.226 e. The quantitative estimate of drug-likeness (QED) is 0.864. The predicted molar refractivity (Wildman–Crippen MR) is 77.1 cm³/mol. The van der Waals surface area contributed by atoms with Crippen molar-refractivity contribution in [1.29, 1.82) is 0 Å². The highest BCUT2D eigenvalue weighted by Gasteiger charge is 2.25. The number of halogens is 1. The molecule has 1 unspecified atom stereocenters. The van der Waals surface area contributed by atoms with Crippen molar-refractivity contribution in [3.63, 3.8) is 0 Å². The van der Waals surface area contributed by atoms with Gasteiger partial charge in [0.2, 0.25) is 5.89 Å². The molecule has 1 atom stereocenters. The van der Waals surface area contributed by atoms with Crippen molar-refractivity contribution in [3.05, 3.63) is 47.4 Å². The van der Waals surface area contributed by atoms with Crippen molar-refractivity contribution in [2.24, 2.45) is 0 Å². The summed E-state index contributed by atoms with van der Waals surface area (Å²) >= 11 is 0. The third-order valence-electron chi connectivity index (χ3n) is 4.03. The highest BCUT2D eigenvalue weighted by atomic mass is 19.1. The lowest BCUT2D eigenvalue weighted by molar-refractivity contribution is 0.135. The zero-order valence-corrected chi connectivity index (χ0v) is 12.3. The molecule has 1 saturated heterocycles. The summed E-state index contributed by atoms with van der Waals surface area (Å²) in [7, 11) is 0. The molecule has 0 saturated carbocycles. The number of hydrogen-bond acceptors (Lipinski definition) is 4. The SMILES string of the molecule is CCc1nc(CN2CCCCC2c2ccc(F)cc2)no1. The molecule has 0 N–H and O–H groups in total. The molecule has 1 aliphatic rings. The molecule has 0 spiro atoms. The lowest BCUT2D eigenvalue weighted by atomic mass is 9.95. The molecule has 1 aromatic heterocycles. The van der Waals surface area contributed by atoms with E-state index >= 15 is 0 Å². The zero-order valence-electron chi connectivity index (χ0n) is 12.3. The Balaban J connectivity index is 1.76. The van der Waals surface area contributed by atoms with Crippen molar-refractivity contribution in [3.8, 4) is 0 Å². The van der Waals surface area contributed by atoms with Crippen LogP contribution in [0.3, 0.4) is 0 Å². The molecule has 1 aliphatic heterocycles. The van der Waals surface area contributed by atoms with Gasteiger partial charge in [-0.15, -0.1) is 0 Å². The summed E-state index contributed by atoms with van der Waals surface area (Å²) in [5.74, 6) is 1.23. The number of hydrogen-bond donors (Lipinski definition) is 0. The van der Waals surface area contributed by atoms with Crippen molar-refractivity contribution in [1.82, 2.24) is 15.0 Å². The van der Waals surface area contributed by atoms with Gasteiger partial charge >= 0.3 is 0 Å². The third kappa shape index (κ3) is 3.29. The minimum absolute atomic E-state index is 0.188. The summed E-state index contributed by atoms with van der Waals surface area (Å²) in [6.07, 6.45) is 4.22. The topological polar surface area (TPSA) is 42.2 Å². The molecule has 4 nitrogen and oxygen atoms in total. The molecule has 2 heterocycles. The Labute approximate surface area is 124 Å². The van der Waals surface area contributed by atoms with Crippen LogP contribution >= 0.6 is 0 Å². The van der Waals surface area contributed by atoms with E-state index in [9.17, 15) is 4.39 Å². The lowest BCUT2D eigenvalue weighted by Gasteiger charge is -2.35. The van der Waals surface area contributed by atoms with Gasteiger partial charge in [-0.1, -0.05) is 30.6 Å². The van der Waals surface area contributed by atoms with Crippen molar-refractivity contribution >= 4 is 0 Å². The maximum absolute atomic E-state index is 13.1. The largest absolute Gasteiger partial charge is 0.339 e. The Hall–Kier alpha value is -1.75.